The number of hydrogen-bond acceptors (Lipinski definition) is 2. The minimum atomic E-state index is -0.122. The van der Waals surface area contributed by atoms with Gasteiger partial charge in [-0.05, 0) is 162 Å². The summed E-state index contributed by atoms with van der Waals surface area (Å²) in [7, 11) is 0. The van der Waals surface area contributed by atoms with Gasteiger partial charge >= 0.3 is 0 Å². The van der Waals surface area contributed by atoms with Crippen LogP contribution in [-0.4, -0.2) is 4.57 Å². The lowest BCUT2D eigenvalue weighted by molar-refractivity contribution is 0.333. The van der Waals surface area contributed by atoms with Crippen LogP contribution in [-0.2, 0) is 5.41 Å². The first-order valence-electron chi connectivity index (χ1n) is 29.3. The molecule has 2 heterocycles. The minimum absolute atomic E-state index is 0.122. The molecule has 2 aromatic heterocycles. The third-order valence-corrected chi connectivity index (χ3v) is 18.9. The summed E-state index contributed by atoms with van der Waals surface area (Å²) >= 11 is 0. The van der Waals surface area contributed by atoms with Crippen LogP contribution in [0.5, 0.6) is 0 Å². The van der Waals surface area contributed by atoms with Crippen LogP contribution in [0.15, 0.2) is 308 Å². The highest BCUT2D eigenvalue weighted by atomic mass is 16.3. The number of benzene rings is 13. The molecule has 0 saturated heterocycles. The molecule has 392 valence electrons. The monoisotopic (exact) mass is 1070 g/mol. The summed E-state index contributed by atoms with van der Waals surface area (Å²) < 4.78 is 8.96. The van der Waals surface area contributed by atoms with E-state index in [4.69, 9.17) is 4.42 Å². The van der Waals surface area contributed by atoms with Crippen molar-refractivity contribution in [3.63, 3.8) is 0 Å². The fourth-order valence-electron chi connectivity index (χ4n) is 15.3. The molecule has 15 aromatic rings. The Kier molecular flexibility index (Phi) is 10.1. The van der Waals surface area contributed by atoms with Crippen molar-refractivity contribution in [1.82, 2.24) is 4.57 Å². The molecule has 3 nitrogen and oxygen atoms in total. The second-order valence-electron chi connectivity index (χ2n) is 23.0. The van der Waals surface area contributed by atoms with E-state index in [0.717, 1.165) is 55.8 Å². The molecule has 0 amide bonds. The number of furan rings is 1. The summed E-state index contributed by atoms with van der Waals surface area (Å²) in [6.45, 7) is 0. The lowest BCUT2D eigenvalue weighted by Gasteiger charge is -2.58. The Bertz CT molecular complexity index is 5120. The van der Waals surface area contributed by atoms with Gasteiger partial charge in [-0.3, -0.25) is 0 Å². The zero-order valence-corrected chi connectivity index (χ0v) is 45.8. The number of anilines is 3. The average molecular weight is 1070 g/mol. The SMILES string of the molecule is c1ccc(-c2ccc(N(c3ccc(-c4ccc(-c5ccc6c(c5)c5cc(-c7ccccc7)ccc5n6-c5ccccc5)c5c4C4c6ccccc6C46c4ccccc4C56)cc3)c3ccc(-c4cccc5c4oc4ccccc45)cc3)cc2)cc1. The van der Waals surface area contributed by atoms with Crippen LogP contribution in [0.2, 0.25) is 0 Å². The molecule has 3 heteroatoms. The van der Waals surface area contributed by atoms with Crippen LogP contribution >= 0.6 is 0 Å². The fourth-order valence-corrected chi connectivity index (χ4v) is 15.3. The number of fused-ring (bicyclic) bond motifs is 13. The molecule has 3 aliphatic carbocycles. The first-order valence-corrected chi connectivity index (χ1v) is 29.3. The molecule has 0 bridgehead atoms. The normalized spacial score (nSPS) is 16.1. The summed E-state index contributed by atoms with van der Waals surface area (Å²) in [4.78, 5) is 2.39. The summed E-state index contributed by atoms with van der Waals surface area (Å²) in [5.74, 6) is 0.443. The van der Waals surface area contributed by atoms with E-state index >= 15 is 0 Å². The molecule has 0 aliphatic heterocycles. The van der Waals surface area contributed by atoms with E-state index < -0.39 is 0 Å². The maximum atomic E-state index is 6.52. The molecule has 0 radical (unpaired) electrons. The fraction of sp³-hybridized carbons (Fsp3) is 0.0370. The third kappa shape index (κ3) is 6.69. The predicted molar refractivity (Wildman–Crippen MR) is 347 cm³/mol. The second kappa shape index (κ2) is 18.1. The quantitative estimate of drug-likeness (QED) is 0.144. The van der Waals surface area contributed by atoms with E-state index in [1.165, 1.54) is 99.7 Å². The van der Waals surface area contributed by atoms with E-state index in [9.17, 15) is 0 Å². The van der Waals surface area contributed by atoms with Crippen LogP contribution in [0, 0.1) is 0 Å². The van der Waals surface area contributed by atoms with Crippen molar-refractivity contribution in [2.24, 2.45) is 0 Å². The van der Waals surface area contributed by atoms with Crippen LogP contribution < -0.4 is 4.90 Å². The molecule has 3 aliphatic rings. The standard InChI is InChI=1S/C81H52N2O/c1-4-17-51(18-5-1)53-31-39-59(40-32-53)82(61-43-35-55(36-44-61)64-26-16-27-66-65-23-12-15-30-75(65)84-80(64)66)60-41-33-54(34-42-60)62-45-46-63(77-76(62)78-67-24-10-13-28-71(67)81(78)72-29-14-11-25-68(72)79(77)81)57-38-48-74-70(50-57)69-49-56(52-19-6-2-7-20-52)37-47-73(69)83(74)58-21-8-3-9-22-58/h1-50,78-79H. The molecular weight excluding hydrogens is 1020 g/mol. The Balaban J connectivity index is 0.793. The number of aromatic nitrogens is 1. The van der Waals surface area contributed by atoms with E-state index in [1.807, 2.05) is 6.07 Å². The van der Waals surface area contributed by atoms with E-state index in [-0.39, 0.29) is 17.3 Å². The highest BCUT2D eigenvalue weighted by Crippen LogP contribution is 2.78. The molecule has 0 N–H and O–H groups in total. The van der Waals surface area contributed by atoms with Crippen LogP contribution in [0.25, 0.3) is 105 Å². The van der Waals surface area contributed by atoms with E-state index in [0.29, 0.717) is 0 Å². The molecule has 18 rings (SSSR count). The van der Waals surface area contributed by atoms with Gasteiger partial charge in [0.2, 0.25) is 0 Å². The van der Waals surface area contributed by atoms with Crippen molar-refractivity contribution in [2.75, 3.05) is 4.90 Å². The molecular formula is C81H52N2O. The van der Waals surface area contributed by atoms with Gasteiger partial charge in [0, 0.05) is 67.1 Å². The maximum absolute atomic E-state index is 6.52. The molecule has 84 heavy (non-hydrogen) atoms. The molecule has 3 unspecified atom stereocenters. The van der Waals surface area contributed by atoms with Crippen molar-refractivity contribution >= 4 is 60.8 Å². The topological polar surface area (TPSA) is 21.3 Å². The third-order valence-electron chi connectivity index (χ3n) is 18.9. The molecule has 0 fully saturated rings. The van der Waals surface area contributed by atoms with Gasteiger partial charge in [-0.15, -0.1) is 0 Å². The summed E-state index contributed by atoms with van der Waals surface area (Å²) in [6, 6.07) is 112. The maximum Gasteiger partial charge on any atom is 0.143 e. The smallest absolute Gasteiger partial charge is 0.143 e. The molecule has 1 spiro atoms. The highest BCUT2D eigenvalue weighted by Gasteiger charge is 2.70. The summed E-state index contributed by atoms with van der Waals surface area (Å²) in [5.41, 5.74) is 29.4. The first kappa shape index (κ1) is 47.0. The van der Waals surface area contributed by atoms with Gasteiger partial charge in [-0.2, -0.15) is 0 Å². The van der Waals surface area contributed by atoms with Crippen molar-refractivity contribution in [3.8, 4) is 61.3 Å². The predicted octanol–water partition coefficient (Wildman–Crippen LogP) is 21.4. The Hall–Kier alpha value is -10.7. The van der Waals surface area contributed by atoms with Gasteiger partial charge in [-0.1, -0.05) is 224 Å². The zero-order valence-electron chi connectivity index (χ0n) is 45.8. The van der Waals surface area contributed by atoms with Crippen molar-refractivity contribution in [3.05, 3.63) is 337 Å². The second-order valence-corrected chi connectivity index (χ2v) is 23.0. The largest absolute Gasteiger partial charge is 0.455 e. The van der Waals surface area contributed by atoms with Crippen LogP contribution in [0.3, 0.4) is 0 Å². The molecule has 3 atom stereocenters. The summed E-state index contributed by atoms with van der Waals surface area (Å²) in [6.07, 6.45) is 0. The minimum Gasteiger partial charge on any atom is -0.455 e. The Morgan fingerprint density at radius 1 is 0.310 bits per heavy atom. The van der Waals surface area contributed by atoms with Gasteiger partial charge in [0.05, 0.1) is 11.0 Å². The van der Waals surface area contributed by atoms with Gasteiger partial charge in [0.1, 0.15) is 11.2 Å². The lowest BCUT2D eigenvalue weighted by Crippen LogP contribution is -2.52. The van der Waals surface area contributed by atoms with Crippen LogP contribution in [0.4, 0.5) is 17.1 Å². The molecule has 0 saturated carbocycles. The lowest BCUT2D eigenvalue weighted by atomic mass is 9.43. The number of hydrogen-bond donors (Lipinski definition) is 0. The number of rotatable bonds is 9. The Morgan fingerprint density at radius 2 is 0.750 bits per heavy atom. The molecule has 13 aromatic carbocycles. The highest BCUT2D eigenvalue weighted by molar-refractivity contribution is 6.12. The van der Waals surface area contributed by atoms with E-state index in [2.05, 4.69) is 307 Å². The first-order chi connectivity index (χ1) is 41.7. The summed E-state index contributed by atoms with van der Waals surface area (Å²) in [5, 5.41) is 4.77. The van der Waals surface area contributed by atoms with Crippen molar-refractivity contribution in [2.45, 2.75) is 17.3 Å². The van der Waals surface area contributed by atoms with Gasteiger partial charge in [0.15, 0.2) is 0 Å². The van der Waals surface area contributed by atoms with Gasteiger partial charge in [-0.25, -0.2) is 0 Å². The average Bonchev–Trinajstić information content (AvgIpc) is 1.43. The zero-order chi connectivity index (χ0) is 55.0. The number of para-hydroxylation sites is 3. The van der Waals surface area contributed by atoms with Crippen LogP contribution in [0.1, 0.15) is 45.2 Å². The van der Waals surface area contributed by atoms with Gasteiger partial charge in [0.25, 0.3) is 0 Å². The van der Waals surface area contributed by atoms with E-state index in [1.54, 1.807) is 0 Å². The number of nitrogens with zero attached hydrogens (tertiary/aromatic N) is 2. The Morgan fingerprint density at radius 3 is 1.36 bits per heavy atom. The van der Waals surface area contributed by atoms with Gasteiger partial charge < -0.3 is 13.9 Å². The van der Waals surface area contributed by atoms with Crippen molar-refractivity contribution < 1.29 is 4.42 Å². The Labute approximate surface area is 487 Å². The van der Waals surface area contributed by atoms with Crippen molar-refractivity contribution in [1.29, 1.82) is 0 Å².